The molecule has 0 radical (unpaired) electrons. The molecule has 1 amide bonds. The molecule has 0 aliphatic carbocycles. The fraction of sp³-hybridized carbons (Fsp3) is 0.348. The lowest BCUT2D eigenvalue weighted by molar-refractivity contribution is -0.123. The molecule has 1 atom stereocenters. The smallest absolute Gasteiger partial charge is 0.357 e. The highest BCUT2D eigenvalue weighted by molar-refractivity contribution is 5.97. The van der Waals surface area contributed by atoms with Gasteiger partial charge < -0.3 is 10.1 Å². The minimum atomic E-state index is -1.09. The van der Waals surface area contributed by atoms with Gasteiger partial charge in [-0.3, -0.25) is 18.7 Å². The second-order valence-electron chi connectivity index (χ2n) is 8.64. The molecule has 0 saturated carbocycles. The number of rotatable bonds is 4. The van der Waals surface area contributed by atoms with Gasteiger partial charge in [0.15, 0.2) is 11.8 Å². The second-order valence-corrected chi connectivity index (χ2v) is 8.64. The van der Waals surface area contributed by atoms with Gasteiger partial charge in [0.1, 0.15) is 5.65 Å². The third-order valence-corrected chi connectivity index (χ3v) is 5.18. The Morgan fingerprint density at radius 2 is 1.62 bits per heavy atom. The molecule has 0 bridgehead atoms. The largest absolute Gasteiger partial charge is 0.448 e. The standard InChI is InChI=1S/C23H26N4O5/c1-13(19(28)24-15-9-7-14(8-10-15)23(2,3)4)32-21(30)17-12-11-16-18(25-17)26(5)22(31)27(6)20(16)29/h7-13H,1-6H3,(H,24,28). The summed E-state index contributed by atoms with van der Waals surface area (Å²) in [5.74, 6) is -1.34. The van der Waals surface area contributed by atoms with E-state index in [4.69, 9.17) is 4.74 Å². The van der Waals surface area contributed by atoms with Crippen molar-refractivity contribution >= 4 is 28.6 Å². The number of esters is 1. The molecule has 9 nitrogen and oxygen atoms in total. The Hall–Kier alpha value is -3.75. The van der Waals surface area contributed by atoms with Crippen molar-refractivity contribution in [3.8, 4) is 0 Å². The van der Waals surface area contributed by atoms with E-state index in [2.05, 4.69) is 31.1 Å². The molecule has 1 unspecified atom stereocenters. The van der Waals surface area contributed by atoms with Crippen molar-refractivity contribution in [2.75, 3.05) is 5.32 Å². The van der Waals surface area contributed by atoms with Crippen molar-refractivity contribution in [1.29, 1.82) is 0 Å². The van der Waals surface area contributed by atoms with Gasteiger partial charge >= 0.3 is 11.7 Å². The minimum Gasteiger partial charge on any atom is -0.448 e. The van der Waals surface area contributed by atoms with Crippen LogP contribution in [0.4, 0.5) is 5.69 Å². The summed E-state index contributed by atoms with van der Waals surface area (Å²) in [7, 11) is 2.82. The van der Waals surface area contributed by atoms with Crippen molar-refractivity contribution in [3.63, 3.8) is 0 Å². The number of anilines is 1. The van der Waals surface area contributed by atoms with Crippen molar-refractivity contribution in [2.45, 2.75) is 39.2 Å². The van der Waals surface area contributed by atoms with Crippen LogP contribution in [0.2, 0.25) is 0 Å². The molecule has 0 aliphatic rings. The quantitative estimate of drug-likeness (QED) is 0.625. The van der Waals surface area contributed by atoms with Gasteiger partial charge in [0.2, 0.25) is 0 Å². The number of hydrogen-bond acceptors (Lipinski definition) is 6. The summed E-state index contributed by atoms with van der Waals surface area (Å²) in [6.07, 6.45) is -1.09. The summed E-state index contributed by atoms with van der Waals surface area (Å²) < 4.78 is 7.37. The van der Waals surface area contributed by atoms with Crippen LogP contribution in [0.25, 0.3) is 11.0 Å². The van der Waals surface area contributed by atoms with E-state index < -0.39 is 29.2 Å². The maximum atomic E-state index is 12.5. The summed E-state index contributed by atoms with van der Waals surface area (Å²) in [6.45, 7) is 7.74. The fourth-order valence-electron chi connectivity index (χ4n) is 3.14. The molecule has 32 heavy (non-hydrogen) atoms. The van der Waals surface area contributed by atoms with Crippen LogP contribution in [0.1, 0.15) is 43.7 Å². The van der Waals surface area contributed by atoms with Crippen LogP contribution in [0, 0.1) is 0 Å². The Labute approximate surface area is 184 Å². The van der Waals surface area contributed by atoms with Crippen LogP contribution in [-0.4, -0.2) is 32.1 Å². The molecule has 0 spiro atoms. The van der Waals surface area contributed by atoms with Crippen molar-refractivity contribution in [1.82, 2.24) is 14.1 Å². The molecule has 2 heterocycles. The van der Waals surface area contributed by atoms with Crippen molar-refractivity contribution in [2.24, 2.45) is 14.1 Å². The lowest BCUT2D eigenvalue weighted by Gasteiger charge is -2.19. The summed E-state index contributed by atoms with van der Waals surface area (Å²) in [4.78, 5) is 53.4. The normalized spacial score (nSPS) is 12.4. The first-order valence-corrected chi connectivity index (χ1v) is 10.1. The van der Waals surface area contributed by atoms with E-state index in [1.54, 1.807) is 12.1 Å². The number of aromatic nitrogens is 3. The monoisotopic (exact) mass is 438 g/mol. The number of amides is 1. The first kappa shape index (κ1) is 22.9. The van der Waals surface area contributed by atoms with E-state index in [-0.39, 0.29) is 22.1 Å². The Kier molecular flexibility index (Phi) is 6.03. The first-order chi connectivity index (χ1) is 14.9. The molecule has 0 aliphatic heterocycles. The lowest BCUT2D eigenvalue weighted by atomic mass is 9.87. The number of aryl methyl sites for hydroxylation is 1. The maximum absolute atomic E-state index is 12.5. The predicted octanol–water partition coefficient (Wildman–Crippen LogP) is 2.11. The SMILES string of the molecule is CC(OC(=O)c1ccc2c(=O)n(C)c(=O)n(C)c2n1)C(=O)Nc1ccc(C(C)(C)C)cc1. The van der Waals surface area contributed by atoms with Crippen LogP contribution in [0.3, 0.4) is 0 Å². The Morgan fingerprint density at radius 1 is 1.00 bits per heavy atom. The van der Waals surface area contributed by atoms with E-state index in [1.807, 2.05) is 12.1 Å². The highest BCUT2D eigenvalue weighted by Gasteiger charge is 2.21. The van der Waals surface area contributed by atoms with E-state index in [0.717, 1.165) is 10.1 Å². The molecule has 2 aromatic heterocycles. The van der Waals surface area contributed by atoms with Gasteiger partial charge in [-0.1, -0.05) is 32.9 Å². The van der Waals surface area contributed by atoms with Gasteiger partial charge in [-0.25, -0.2) is 14.6 Å². The number of fused-ring (bicyclic) bond motifs is 1. The first-order valence-electron chi connectivity index (χ1n) is 10.1. The third kappa shape index (κ3) is 4.46. The Morgan fingerprint density at radius 3 is 2.22 bits per heavy atom. The average Bonchev–Trinajstić information content (AvgIpc) is 2.75. The van der Waals surface area contributed by atoms with Gasteiger partial charge in [-0.05, 0) is 42.2 Å². The molecule has 9 heteroatoms. The number of pyridine rings is 1. The second kappa shape index (κ2) is 8.41. The van der Waals surface area contributed by atoms with Crippen LogP contribution in [-0.2, 0) is 29.0 Å². The number of nitrogens with one attached hydrogen (secondary N) is 1. The topological polar surface area (TPSA) is 112 Å². The molecular formula is C23H26N4O5. The number of benzene rings is 1. The Bertz CT molecular complexity index is 1310. The molecule has 0 fully saturated rings. The molecule has 1 N–H and O–H groups in total. The molecule has 0 saturated heterocycles. The molecular weight excluding hydrogens is 412 g/mol. The number of hydrogen-bond donors (Lipinski definition) is 1. The molecule has 168 valence electrons. The predicted molar refractivity (Wildman–Crippen MR) is 121 cm³/mol. The zero-order chi connectivity index (χ0) is 23.8. The molecule has 3 rings (SSSR count). The zero-order valence-corrected chi connectivity index (χ0v) is 18.9. The van der Waals surface area contributed by atoms with Crippen LogP contribution in [0.5, 0.6) is 0 Å². The van der Waals surface area contributed by atoms with Gasteiger partial charge in [0, 0.05) is 19.8 Å². The van der Waals surface area contributed by atoms with E-state index in [0.29, 0.717) is 5.69 Å². The van der Waals surface area contributed by atoms with Crippen LogP contribution >= 0.6 is 0 Å². The fourth-order valence-corrected chi connectivity index (χ4v) is 3.14. The summed E-state index contributed by atoms with van der Waals surface area (Å²) >= 11 is 0. The summed E-state index contributed by atoms with van der Waals surface area (Å²) in [5.41, 5.74) is 0.568. The van der Waals surface area contributed by atoms with Crippen LogP contribution < -0.4 is 16.6 Å². The number of carbonyl (C=O) groups excluding carboxylic acids is 2. The highest BCUT2D eigenvalue weighted by Crippen LogP contribution is 2.23. The van der Waals surface area contributed by atoms with Gasteiger partial charge in [-0.2, -0.15) is 0 Å². The van der Waals surface area contributed by atoms with E-state index >= 15 is 0 Å². The van der Waals surface area contributed by atoms with Crippen molar-refractivity contribution < 1.29 is 14.3 Å². The van der Waals surface area contributed by atoms with E-state index in [1.165, 1.54) is 37.7 Å². The van der Waals surface area contributed by atoms with Gasteiger partial charge in [0.25, 0.3) is 11.5 Å². The number of carbonyl (C=O) groups is 2. The molecule has 1 aromatic carbocycles. The lowest BCUT2D eigenvalue weighted by Crippen LogP contribution is -2.37. The van der Waals surface area contributed by atoms with Gasteiger partial charge in [0.05, 0.1) is 5.39 Å². The average molecular weight is 438 g/mol. The zero-order valence-electron chi connectivity index (χ0n) is 18.9. The van der Waals surface area contributed by atoms with Gasteiger partial charge in [-0.15, -0.1) is 0 Å². The van der Waals surface area contributed by atoms with Crippen LogP contribution in [0.15, 0.2) is 46.0 Å². The number of ether oxygens (including phenoxy) is 1. The number of nitrogens with zero attached hydrogens (tertiary/aromatic N) is 3. The highest BCUT2D eigenvalue weighted by atomic mass is 16.5. The Balaban J connectivity index is 1.75. The van der Waals surface area contributed by atoms with Crippen molar-refractivity contribution in [3.05, 3.63) is 68.5 Å². The summed E-state index contributed by atoms with van der Waals surface area (Å²) in [6, 6.07) is 10.2. The minimum absolute atomic E-state index is 0.00799. The van der Waals surface area contributed by atoms with E-state index in [9.17, 15) is 19.2 Å². The third-order valence-electron chi connectivity index (χ3n) is 5.18. The maximum Gasteiger partial charge on any atom is 0.357 e. The molecule has 3 aromatic rings. The summed E-state index contributed by atoms with van der Waals surface area (Å²) in [5, 5.41) is 2.90.